The lowest BCUT2D eigenvalue weighted by Crippen LogP contribution is -2.49. The molecule has 3 rings (SSSR count). The maximum absolute atomic E-state index is 11.5. The van der Waals surface area contributed by atoms with Gasteiger partial charge in [0.25, 0.3) is 5.91 Å². The molecule has 1 aliphatic carbocycles. The van der Waals surface area contributed by atoms with Crippen LogP contribution in [0.1, 0.15) is 50.2 Å². The number of hydroxylamine groups is 1. The molecule has 0 bridgehead atoms. The minimum absolute atomic E-state index is 0. The van der Waals surface area contributed by atoms with E-state index in [-0.39, 0.29) is 2.85 Å². The molecule has 0 saturated heterocycles. The van der Waals surface area contributed by atoms with E-state index >= 15 is 0 Å². The second-order valence-electron chi connectivity index (χ2n) is 7.34. The fourth-order valence-electron chi connectivity index (χ4n) is 3.94. The highest BCUT2D eigenvalue weighted by Crippen LogP contribution is 2.37. The molecule has 2 atom stereocenters. The summed E-state index contributed by atoms with van der Waals surface area (Å²) >= 11 is 0. The largest absolute Gasteiger partial charge is 0.309 e. The van der Waals surface area contributed by atoms with E-state index in [9.17, 15) is 4.79 Å². The highest BCUT2D eigenvalue weighted by Gasteiger charge is 2.36. The molecule has 1 unspecified atom stereocenters. The predicted molar refractivity (Wildman–Crippen MR) is 96.1 cm³/mol. The summed E-state index contributed by atoms with van der Waals surface area (Å²) in [5, 5.41) is 8.74. The predicted octanol–water partition coefficient (Wildman–Crippen LogP) is 2.17. The third kappa shape index (κ3) is 3.77. The van der Waals surface area contributed by atoms with E-state index in [1.165, 1.54) is 32.2 Å². The van der Waals surface area contributed by atoms with Gasteiger partial charge >= 0.3 is 0 Å². The van der Waals surface area contributed by atoms with Crippen molar-refractivity contribution in [2.24, 2.45) is 5.92 Å². The van der Waals surface area contributed by atoms with Gasteiger partial charge in [-0.15, -0.1) is 0 Å². The molecule has 24 heavy (non-hydrogen) atoms. The molecule has 6 nitrogen and oxygen atoms in total. The molecule has 1 aromatic heterocycles. The number of hydrogen-bond donors (Lipinski definition) is 2. The molecule has 0 aromatic carbocycles. The quantitative estimate of drug-likeness (QED) is 0.615. The molecule has 136 valence electrons. The minimum atomic E-state index is -0.493. The first-order valence-corrected chi connectivity index (χ1v) is 8.89. The zero-order valence-electron chi connectivity index (χ0n) is 14.7. The van der Waals surface area contributed by atoms with Gasteiger partial charge in [0.05, 0.1) is 11.3 Å². The van der Waals surface area contributed by atoms with Crippen LogP contribution >= 0.6 is 0 Å². The van der Waals surface area contributed by atoms with Crippen molar-refractivity contribution in [3.8, 4) is 0 Å². The Morgan fingerprint density at radius 2 is 2.33 bits per heavy atom. The van der Waals surface area contributed by atoms with Crippen LogP contribution in [0.5, 0.6) is 0 Å². The molecule has 1 aromatic rings. The highest BCUT2D eigenvalue weighted by molar-refractivity contribution is 5.93. The van der Waals surface area contributed by atoms with Crippen molar-refractivity contribution >= 4 is 5.91 Å². The minimum Gasteiger partial charge on any atom is -0.309 e. The average Bonchev–Trinajstić information content (AvgIpc) is 2.56. The third-order valence-corrected chi connectivity index (χ3v) is 5.47. The Morgan fingerprint density at radius 3 is 3.00 bits per heavy atom. The van der Waals surface area contributed by atoms with E-state index in [0.717, 1.165) is 36.7 Å². The molecular formula is C18H32N4O2. The SMILES string of the molecule is CN(C)CCCC1CC[C@@H]1N1CCc2cc(C(=O)NO)cnc2C1.[HH].[HH]. The Bertz CT molecular complexity index is 601. The highest BCUT2D eigenvalue weighted by atomic mass is 16.5. The number of carbonyl (C=O) groups is 1. The van der Waals surface area contributed by atoms with Crippen molar-refractivity contribution in [3.05, 3.63) is 29.1 Å². The van der Waals surface area contributed by atoms with Gasteiger partial charge in [0, 0.05) is 28.2 Å². The monoisotopic (exact) mass is 336 g/mol. The first-order valence-electron chi connectivity index (χ1n) is 8.89. The maximum atomic E-state index is 11.5. The Balaban J connectivity index is 0.00000169. The number of aromatic nitrogens is 1. The van der Waals surface area contributed by atoms with Crippen molar-refractivity contribution in [1.82, 2.24) is 20.3 Å². The van der Waals surface area contributed by atoms with Gasteiger partial charge in [0.2, 0.25) is 0 Å². The summed E-state index contributed by atoms with van der Waals surface area (Å²) < 4.78 is 0. The molecule has 2 heterocycles. The lowest BCUT2D eigenvalue weighted by Gasteiger charge is -2.46. The first kappa shape index (κ1) is 17.3. The van der Waals surface area contributed by atoms with Crippen LogP contribution in [0.2, 0.25) is 0 Å². The van der Waals surface area contributed by atoms with Crippen molar-refractivity contribution in [3.63, 3.8) is 0 Å². The number of fused-ring (bicyclic) bond motifs is 1. The van der Waals surface area contributed by atoms with Gasteiger partial charge in [0.15, 0.2) is 0 Å². The average molecular weight is 336 g/mol. The van der Waals surface area contributed by atoms with Gasteiger partial charge in [-0.1, -0.05) is 0 Å². The van der Waals surface area contributed by atoms with E-state index in [1.807, 2.05) is 6.07 Å². The van der Waals surface area contributed by atoms with Gasteiger partial charge in [-0.25, -0.2) is 5.48 Å². The summed E-state index contributed by atoms with van der Waals surface area (Å²) in [5.74, 6) is 0.332. The first-order chi connectivity index (χ1) is 11.6. The van der Waals surface area contributed by atoms with Crippen molar-refractivity contribution in [2.45, 2.75) is 44.7 Å². The molecule has 2 aliphatic rings. The number of carbonyl (C=O) groups excluding carboxylic acids is 1. The molecule has 1 fully saturated rings. The van der Waals surface area contributed by atoms with Crippen LogP contribution in [0.15, 0.2) is 12.3 Å². The van der Waals surface area contributed by atoms with E-state index in [2.05, 4.69) is 28.9 Å². The van der Waals surface area contributed by atoms with E-state index in [1.54, 1.807) is 11.7 Å². The summed E-state index contributed by atoms with van der Waals surface area (Å²) in [7, 11) is 4.27. The Kier molecular flexibility index (Phi) is 5.48. The number of pyridine rings is 1. The van der Waals surface area contributed by atoms with Crippen LogP contribution in [-0.4, -0.2) is 59.1 Å². The molecule has 1 amide bonds. The summed E-state index contributed by atoms with van der Waals surface area (Å²) in [5.41, 5.74) is 4.31. The molecule has 0 radical (unpaired) electrons. The Labute approximate surface area is 146 Å². The summed E-state index contributed by atoms with van der Waals surface area (Å²) in [6.45, 7) is 3.09. The maximum Gasteiger partial charge on any atom is 0.276 e. The molecule has 1 saturated carbocycles. The van der Waals surface area contributed by atoms with Gasteiger partial charge in [-0.2, -0.15) is 0 Å². The Morgan fingerprint density at radius 1 is 1.50 bits per heavy atom. The van der Waals surface area contributed by atoms with Crippen LogP contribution in [0, 0.1) is 5.92 Å². The second kappa shape index (κ2) is 7.59. The van der Waals surface area contributed by atoms with Crippen LogP contribution in [0.3, 0.4) is 0 Å². The van der Waals surface area contributed by atoms with Gasteiger partial charge in [0.1, 0.15) is 0 Å². The number of nitrogens with one attached hydrogen (secondary N) is 1. The van der Waals surface area contributed by atoms with Crippen molar-refractivity contribution < 1.29 is 12.9 Å². The standard InChI is InChI=1S/C18H28N4O2.2H2/c1-21(2)8-3-4-13-5-6-17(13)22-9-7-14-10-15(18(23)20-24)11-19-16(14)12-22;;/h10-11,13,17,24H,3-9,12H2,1-2H3,(H,20,23);2*1H/t13?,17-;;/m0../s1. The zero-order valence-corrected chi connectivity index (χ0v) is 14.7. The normalized spacial score (nSPS) is 23.7. The third-order valence-electron chi connectivity index (χ3n) is 5.47. The smallest absolute Gasteiger partial charge is 0.276 e. The zero-order chi connectivity index (χ0) is 17.1. The summed E-state index contributed by atoms with van der Waals surface area (Å²) in [6, 6.07) is 2.56. The number of nitrogens with zero attached hydrogens (tertiary/aromatic N) is 3. The molecule has 1 aliphatic heterocycles. The van der Waals surface area contributed by atoms with E-state index in [4.69, 9.17) is 5.21 Å². The number of rotatable bonds is 6. The van der Waals surface area contributed by atoms with Gasteiger partial charge in [-0.3, -0.25) is 19.9 Å². The topological polar surface area (TPSA) is 68.7 Å². The summed E-state index contributed by atoms with van der Waals surface area (Å²) in [6.07, 6.45) is 7.72. The molecular weight excluding hydrogens is 304 g/mol. The lowest BCUT2D eigenvalue weighted by molar-refractivity contribution is 0.0433. The van der Waals surface area contributed by atoms with Gasteiger partial charge in [-0.05, 0) is 70.3 Å². The second-order valence-corrected chi connectivity index (χ2v) is 7.34. The lowest BCUT2D eigenvalue weighted by atomic mass is 9.75. The van der Waals surface area contributed by atoms with Crippen LogP contribution in [0.4, 0.5) is 0 Å². The molecule has 2 N–H and O–H groups in total. The Hall–Kier alpha value is -1.50. The molecule has 6 heteroatoms. The summed E-state index contributed by atoms with van der Waals surface area (Å²) in [4.78, 5) is 20.8. The van der Waals surface area contributed by atoms with Crippen LogP contribution in [-0.2, 0) is 13.0 Å². The van der Waals surface area contributed by atoms with Crippen molar-refractivity contribution in [2.75, 3.05) is 27.2 Å². The van der Waals surface area contributed by atoms with Crippen LogP contribution in [0.25, 0.3) is 0 Å². The molecule has 0 spiro atoms. The van der Waals surface area contributed by atoms with Crippen LogP contribution < -0.4 is 5.48 Å². The van der Waals surface area contributed by atoms with E-state index in [0.29, 0.717) is 11.6 Å². The van der Waals surface area contributed by atoms with Gasteiger partial charge < -0.3 is 4.90 Å². The number of hydrogen-bond acceptors (Lipinski definition) is 5. The fraction of sp³-hybridized carbons (Fsp3) is 0.667. The number of amides is 1. The van der Waals surface area contributed by atoms with E-state index < -0.39 is 5.91 Å². The van der Waals surface area contributed by atoms with Crippen molar-refractivity contribution in [1.29, 1.82) is 0 Å². The fourth-order valence-corrected chi connectivity index (χ4v) is 3.94.